The van der Waals surface area contributed by atoms with Gasteiger partial charge in [0, 0.05) is 22.3 Å². The SMILES string of the molecule is Cc1cccc(CS(=O)CCCCC(C)(C)C#N)c1. The predicted molar refractivity (Wildman–Crippen MR) is 81.1 cm³/mol. The van der Waals surface area contributed by atoms with Crippen molar-refractivity contribution in [2.24, 2.45) is 5.41 Å². The molecule has 1 rings (SSSR count). The van der Waals surface area contributed by atoms with E-state index >= 15 is 0 Å². The maximum absolute atomic E-state index is 12.0. The maximum Gasteiger partial charge on any atom is 0.0683 e. The second-order valence-corrected chi connectivity index (χ2v) is 7.31. The first kappa shape index (κ1) is 15.9. The van der Waals surface area contributed by atoms with Gasteiger partial charge in [0.1, 0.15) is 0 Å². The number of hydrogen-bond acceptors (Lipinski definition) is 2. The highest BCUT2D eigenvalue weighted by molar-refractivity contribution is 7.84. The third kappa shape index (κ3) is 6.54. The highest BCUT2D eigenvalue weighted by Crippen LogP contribution is 2.21. The van der Waals surface area contributed by atoms with Crippen molar-refractivity contribution >= 4 is 10.8 Å². The Morgan fingerprint density at radius 1 is 1.32 bits per heavy atom. The van der Waals surface area contributed by atoms with Gasteiger partial charge in [-0.2, -0.15) is 5.26 Å². The van der Waals surface area contributed by atoms with Gasteiger partial charge in [-0.1, -0.05) is 36.2 Å². The molecule has 1 aromatic carbocycles. The Kier molecular flexibility index (Phi) is 6.24. The summed E-state index contributed by atoms with van der Waals surface area (Å²) in [5.41, 5.74) is 2.11. The Bertz CT molecular complexity index is 474. The lowest BCUT2D eigenvalue weighted by atomic mass is 9.89. The van der Waals surface area contributed by atoms with E-state index in [-0.39, 0.29) is 5.41 Å². The van der Waals surface area contributed by atoms with E-state index in [1.54, 1.807) is 0 Å². The number of aryl methyl sites for hydroxylation is 1. The van der Waals surface area contributed by atoms with Crippen LogP contribution in [0.15, 0.2) is 24.3 Å². The topological polar surface area (TPSA) is 40.9 Å². The summed E-state index contributed by atoms with van der Waals surface area (Å²) in [6.07, 6.45) is 2.79. The van der Waals surface area contributed by atoms with Gasteiger partial charge in [0.05, 0.1) is 11.5 Å². The fraction of sp³-hybridized carbons (Fsp3) is 0.562. The summed E-state index contributed by atoms with van der Waals surface area (Å²) in [4.78, 5) is 0. The molecule has 0 aliphatic rings. The Labute approximate surface area is 119 Å². The number of unbranched alkanes of at least 4 members (excludes halogenated alkanes) is 1. The minimum atomic E-state index is -0.792. The summed E-state index contributed by atoms with van der Waals surface area (Å²) in [6.45, 7) is 5.96. The fourth-order valence-corrected chi connectivity index (χ4v) is 3.17. The van der Waals surface area contributed by atoms with Crippen molar-refractivity contribution in [2.45, 2.75) is 45.8 Å². The van der Waals surface area contributed by atoms with Crippen LogP contribution in [-0.2, 0) is 16.6 Å². The summed E-state index contributed by atoms with van der Waals surface area (Å²) in [6, 6.07) is 10.5. The van der Waals surface area contributed by atoms with Gasteiger partial charge < -0.3 is 0 Å². The first-order chi connectivity index (χ1) is 8.93. The van der Waals surface area contributed by atoms with Crippen molar-refractivity contribution < 1.29 is 4.21 Å². The second kappa shape index (κ2) is 7.45. The van der Waals surface area contributed by atoms with E-state index in [0.717, 1.165) is 30.6 Å². The molecule has 0 heterocycles. The largest absolute Gasteiger partial charge is 0.259 e. The van der Waals surface area contributed by atoms with Crippen molar-refractivity contribution in [1.82, 2.24) is 0 Å². The van der Waals surface area contributed by atoms with Crippen molar-refractivity contribution in [3.63, 3.8) is 0 Å². The normalized spacial score (nSPS) is 12.9. The van der Waals surface area contributed by atoms with Gasteiger partial charge in [0.25, 0.3) is 0 Å². The van der Waals surface area contributed by atoms with Crippen LogP contribution in [0.4, 0.5) is 0 Å². The zero-order valence-corrected chi connectivity index (χ0v) is 12.9. The van der Waals surface area contributed by atoms with Crippen molar-refractivity contribution in [3.8, 4) is 6.07 Å². The van der Waals surface area contributed by atoms with Crippen LogP contribution in [0.1, 0.15) is 44.2 Å². The van der Waals surface area contributed by atoms with E-state index in [2.05, 4.69) is 25.1 Å². The first-order valence-corrected chi connectivity index (χ1v) is 8.23. The summed E-state index contributed by atoms with van der Waals surface area (Å²) in [5.74, 6) is 1.37. The van der Waals surface area contributed by atoms with Crippen LogP contribution in [0, 0.1) is 23.7 Å². The average molecular weight is 277 g/mol. The molecule has 0 bridgehead atoms. The van der Waals surface area contributed by atoms with Gasteiger partial charge >= 0.3 is 0 Å². The van der Waals surface area contributed by atoms with Crippen LogP contribution >= 0.6 is 0 Å². The van der Waals surface area contributed by atoms with E-state index < -0.39 is 10.8 Å². The molecule has 0 aliphatic heterocycles. The van der Waals surface area contributed by atoms with E-state index in [4.69, 9.17) is 5.26 Å². The quantitative estimate of drug-likeness (QED) is 0.708. The monoisotopic (exact) mass is 277 g/mol. The molecule has 0 spiro atoms. The van der Waals surface area contributed by atoms with E-state index in [0.29, 0.717) is 5.75 Å². The Hall–Kier alpha value is -1.14. The third-order valence-corrected chi connectivity index (χ3v) is 4.54. The van der Waals surface area contributed by atoms with E-state index in [1.807, 2.05) is 26.0 Å². The highest BCUT2D eigenvalue weighted by atomic mass is 32.2. The molecule has 0 saturated heterocycles. The number of nitriles is 1. The number of hydrogen-bond donors (Lipinski definition) is 0. The first-order valence-electron chi connectivity index (χ1n) is 6.75. The summed E-state index contributed by atoms with van der Waals surface area (Å²) >= 11 is 0. The average Bonchev–Trinajstić information content (AvgIpc) is 2.35. The summed E-state index contributed by atoms with van der Waals surface area (Å²) in [7, 11) is -0.792. The highest BCUT2D eigenvalue weighted by Gasteiger charge is 2.15. The second-order valence-electron chi connectivity index (χ2n) is 5.73. The number of rotatable bonds is 7. The molecule has 2 nitrogen and oxygen atoms in total. The molecule has 0 fully saturated rings. The maximum atomic E-state index is 12.0. The van der Waals surface area contributed by atoms with Gasteiger partial charge in [-0.15, -0.1) is 0 Å². The molecule has 104 valence electrons. The zero-order chi connectivity index (χ0) is 14.3. The Balaban J connectivity index is 2.28. The molecule has 0 aliphatic carbocycles. The van der Waals surface area contributed by atoms with Crippen LogP contribution in [-0.4, -0.2) is 9.96 Å². The molecular formula is C16H23NOS. The van der Waals surface area contributed by atoms with Crippen LogP contribution < -0.4 is 0 Å². The van der Waals surface area contributed by atoms with Crippen LogP contribution in [0.3, 0.4) is 0 Å². The van der Waals surface area contributed by atoms with Gasteiger partial charge in [-0.3, -0.25) is 4.21 Å². The van der Waals surface area contributed by atoms with Gasteiger partial charge in [0.15, 0.2) is 0 Å². The van der Waals surface area contributed by atoms with Crippen LogP contribution in [0.2, 0.25) is 0 Å². The molecule has 1 atom stereocenters. The molecule has 1 aromatic rings. The number of nitrogens with zero attached hydrogens (tertiary/aromatic N) is 1. The summed E-state index contributed by atoms with van der Waals surface area (Å²) < 4.78 is 12.0. The molecule has 0 N–H and O–H groups in total. The fourth-order valence-electron chi connectivity index (χ4n) is 1.95. The summed E-state index contributed by atoms with van der Waals surface area (Å²) in [5, 5.41) is 8.91. The zero-order valence-electron chi connectivity index (χ0n) is 12.1. The lowest BCUT2D eigenvalue weighted by Gasteiger charge is -2.14. The Morgan fingerprint density at radius 3 is 2.68 bits per heavy atom. The standard InChI is InChI=1S/C16H23NOS/c1-14-7-6-8-15(11-14)12-19(18)10-5-4-9-16(2,3)13-17/h6-8,11H,4-5,9-10,12H2,1-3H3. The van der Waals surface area contributed by atoms with E-state index in [9.17, 15) is 4.21 Å². The van der Waals surface area contributed by atoms with Crippen molar-refractivity contribution in [3.05, 3.63) is 35.4 Å². The molecule has 0 amide bonds. The van der Waals surface area contributed by atoms with Crippen LogP contribution in [0.25, 0.3) is 0 Å². The Morgan fingerprint density at radius 2 is 2.05 bits per heavy atom. The van der Waals surface area contributed by atoms with Gasteiger partial charge in [-0.25, -0.2) is 0 Å². The van der Waals surface area contributed by atoms with Gasteiger partial charge in [-0.05, 0) is 39.2 Å². The molecule has 0 radical (unpaired) electrons. The number of benzene rings is 1. The van der Waals surface area contributed by atoms with Crippen LogP contribution in [0.5, 0.6) is 0 Å². The molecule has 3 heteroatoms. The molecule has 0 saturated carbocycles. The molecule has 19 heavy (non-hydrogen) atoms. The lowest BCUT2D eigenvalue weighted by molar-refractivity contribution is 0.432. The molecule has 0 aromatic heterocycles. The van der Waals surface area contributed by atoms with Crippen molar-refractivity contribution in [1.29, 1.82) is 5.26 Å². The molecular weight excluding hydrogens is 254 g/mol. The van der Waals surface area contributed by atoms with Gasteiger partial charge in [0.2, 0.25) is 0 Å². The minimum Gasteiger partial charge on any atom is -0.259 e. The minimum absolute atomic E-state index is 0.252. The van der Waals surface area contributed by atoms with E-state index in [1.165, 1.54) is 5.56 Å². The predicted octanol–water partition coefficient (Wildman–Crippen LogP) is 3.96. The lowest BCUT2D eigenvalue weighted by Crippen LogP contribution is -2.08. The third-order valence-electron chi connectivity index (χ3n) is 3.14. The van der Waals surface area contributed by atoms with Crippen molar-refractivity contribution in [2.75, 3.05) is 5.75 Å². The smallest absolute Gasteiger partial charge is 0.0683 e. The molecule has 1 unspecified atom stereocenters.